The Morgan fingerprint density at radius 2 is 1.66 bits per heavy atom. The van der Waals surface area contributed by atoms with E-state index in [0.29, 0.717) is 18.8 Å². The van der Waals surface area contributed by atoms with E-state index < -0.39 is 0 Å². The third-order valence-electron chi connectivity index (χ3n) is 5.20. The van der Waals surface area contributed by atoms with Crippen LogP contribution in [0, 0.1) is 13.8 Å². The van der Waals surface area contributed by atoms with Gasteiger partial charge in [-0.1, -0.05) is 24.3 Å². The first-order valence-corrected chi connectivity index (χ1v) is 10.5. The van der Waals surface area contributed by atoms with E-state index in [-0.39, 0.29) is 12.1 Å². The molecular formula is C27H28O5. The van der Waals surface area contributed by atoms with Crippen LogP contribution in [-0.4, -0.2) is 25.0 Å². The molecule has 0 aliphatic rings. The lowest BCUT2D eigenvalue weighted by Gasteiger charge is -2.16. The first kappa shape index (κ1) is 23.1. The Morgan fingerprint density at radius 3 is 2.31 bits per heavy atom. The summed E-state index contributed by atoms with van der Waals surface area (Å²) in [6, 6.07) is 19.2. The monoisotopic (exact) mass is 432 g/mol. The Labute approximate surface area is 188 Å². The largest absolute Gasteiger partial charge is 0.490 e. The van der Waals surface area contributed by atoms with E-state index in [1.807, 2.05) is 24.3 Å². The van der Waals surface area contributed by atoms with Crippen LogP contribution in [0.4, 0.5) is 0 Å². The molecule has 0 bridgehead atoms. The topological polar surface area (TPSA) is 61.8 Å². The molecule has 3 aromatic rings. The van der Waals surface area contributed by atoms with Gasteiger partial charge in [-0.15, -0.1) is 0 Å². The summed E-state index contributed by atoms with van der Waals surface area (Å²) in [4.78, 5) is 21.8. The van der Waals surface area contributed by atoms with Crippen molar-refractivity contribution in [2.45, 2.75) is 40.4 Å². The van der Waals surface area contributed by atoms with Crippen LogP contribution in [0.5, 0.6) is 11.5 Å². The average Bonchev–Trinajstić information content (AvgIpc) is 2.77. The van der Waals surface area contributed by atoms with Crippen molar-refractivity contribution in [1.29, 1.82) is 0 Å². The first-order chi connectivity index (χ1) is 15.4. The molecule has 5 heteroatoms. The second kappa shape index (κ2) is 10.6. The zero-order chi connectivity index (χ0) is 23.1. The second-order valence-corrected chi connectivity index (χ2v) is 7.77. The van der Waals surface area contributed by atoms with Crippen molar-refractivity contribution in [1.82, 2.24) is 0 Å². The summed E-state index contributed by atoms with van der Waals surface area (Å²) < 4.78 is 16.8. The van der Waals surface area contributed by atoms with Gasteiger partial charge >= 0.3 is 5.97 Å². The quantitative estimate of drug-likeness (QED) is 0.321. The molecule has 0 saturated heterocycles. The Balaban J connectivity index is 1.72. The standard InChI is InChI=1S/C27H28O5/c1-18-14-25(30-16-19(2)32-21(4)29)12-13-26(18)27-7-5-6-23(20(27)3)17-31-24-10-8-22(15-28)9-11-24/h5-15,19H,16-17H2,1-4H3. The molecule has 0 N–H and O–H groups in total. The van der Waals surface area contributed by atoms with Crippen LogP contribution in [0.3, 0.4) is 0 Å². The Morgan fingerprint density at radius 1 is 0.938 bits per heavy atom. The lowest BCUT2D eigenvalue weighted by atomic mass is 9.93. The van der Waals surface area contributed by atoms with Crippen LogP contribution in [-0.2, 0) is 16.1 Å². The van der Waals surface area contributed by atoms with E-state index in [1.54, 1.807) is 31.2 Å². The van der Waals surface area contributed by atoms with Gasteiger partial charge in [-0.2, -0.15) is 0 Å². The Hall–Kier alpha value is -3.60. The van der Waals surface area contributed by atoms with Gasteiger partial charge in [-0.05, 0) is 85.0 Å². The highest BCUT2D eigenvalue weighted by molar-refractivity contribution is 5.75. The smallest absolute Gasteiger partial charge is 0.303 e. The van der Waals surface area contributed by atoms with Gasteiger partial charge in [0.15, 0.2) is 0 Å². The van der Waals surface area contributed by atoms with Gasteiger partial charge in [0.05, 0.1) is 0 Å². The zero-order valence-electron chi connectivity index (χ0n) is 18.9. The van der Waals surface area contributed by atoms with Crippen molar-refractivity contribution in [3.05, 3.63) is 82.9 Å². The van der Waals surface area contributed by atoms with Crippen molar-refractivity contribution in [3.8, 4) is 22.6 Å². The van der Waals surface area contributed by atoms with E-state index >= 15 is 0 Å². The molecular weight excluding hydrogens is 404 g/mol. The maximum atomic E-state index is 11.0. The molecule has 0 saturated carbocycles. The summed E-state index contributed by atoms with van der Waals surface area (Å²) in [5.74, 6) is 1.15. The molecule has 3 aromatic carbocycles. The lowest BCUT2D eigenvalue weighted by molar-refractivity contribution is -0.146. The van der Waals surface area contributed by atoms with E-state index in [1.165, 1.54) is 6.92 Å². The van der Waals surface area contributed by atoms with Crippen LogP contribution in [0.25, 0.3) is 11.1 Å². The van der Waals surface area contributed by atoms with Crippen molar-refractivity contribution in [2.24, 2.45) is 0 Å². The van der Waals surface area contributed by atoms with Crippen LogP contribution < -0.4 is 9.47 Å². The number of hydrogen-bond donors (Lipinski definition) is 0. The highest BCUT2D eigenvalue weighted by atomic mass is 16.6. The number of ether oxygens (including phenoxy) is 3. The molecule has 3 rings (SSSR count). The second-order valence-electron chi connectivity index (χ2n) is 7.77. The minimum atomic E-state index is -0.315. The van der Waals surface area contributed by atoms with E-state index in [0.717, 1.165) is 45.6 Å². The molecule has 0 aliphatic carbocycles. The Kier molecular flexibility index (Phi) is 7.66. The van der Waals surface area contributed by atoms with Gasteiger partial charge in [-0.25, -0.2) is 0 Å². The number of aryl methyl sites for hydroxylation is 1. The molecule has 0 spiro atoms. The fourth-order valence-electron chi connectivity index (χ4n) is 3.49. The number of rotatable bonds is 9. The summed E-state index contributed by atoms with van der Waals surface area (Å²) >= 11 is 0. The molecule has 1 unspecified atom stereocenters. The SMILES string of the molecule is CC(=O)OC(C)COc1ccc(-c2cccc(COc3ccc(C=O)cc3)c2C)c(C)c1. The summed E-state index contributed by atoms with van der Waals surface area (Å²) in [6.07, 6.45) is 0.511. The lowest BCUT2D eigenvalue weighted by Crippen LogP contribution is -2.20. The van der Waals surface area contributed by atoms with Crippen molar-refractivity contribution < 1.29 is 23.8 Å². The summed E-state index contributed by atoms with van der Waals surface area (Å²) in [5, 5.41) is 0. The van der Waals surface area contributed by atoms with E-state index in [2.05, 4.69) is 26.0 Å². The van der Waals surface area contributed by atoms with Crippen LogP contribution >= 0.6 is 0 Å². The summed E-state index contributed by atoms with van der Waals surface area (Å²) in [5.41, 5.74) is 6.22. The number of carbonyl (C=O) groups is 2. The minimum absolute atomic E-state index is 0.304. The molecule has 0 fully saturated rings. The van der Waals surface area contributed by atoms with Gasteiger partial charge in [-0.3, -0.25) is 9.59 Å². The van der Waals surface area contributed by atoms with Crippen molar-refractivity contribution in [3.63, 3.8) is 0 Å². The zero-order valence-corrected chi connectivity index (χ0v) is 18.9. The van der Waals surface area contributed by atoms with Gasteiger partial charge in [0.2, 0.25) is 0 Å². The van der Waals surface area contributed by atoms with Crippen molar-refractivity contribution >= 4 is 12.3 Å². The molecule has 0 aromatic heterocycles. The van der Waals surface area contributed by atoms with Crippen molar-refractivity contribution in [2.75, 3.05) is 6.61 Å². The van der Waals surface area contributed by atoms with Gasteiger partial charge in [0.25, 0.3) is 0 Å². The molecule has 5 nitrogen and oxygen atoms in total. The normalized spacial score (nSPS) is 11.5. The molecule has 0 aliphatic heterocycles. The van der Waals surface area contributed by atoms with Gasteiger partial charge < -0.3 is 14.2 Å². The molecule has 166 valence electrons. The number of carbonyl (C=O) groups excluding carboxylic acids is 2. The fourth-order valence-corrected chi connectivity index (χ4v) is 3.49. The predicted molar refractivity (Wildman–Crippen MR) is 124 cm³/mol. The highest BCUT2D eigenvalue weighted by Crippen LogP contribution is 2.31. The summed E-state index contributed by atoms with van der Waals surface area (Å²) in [7, 11) is 0. The van der Waals surface area contributed by atoms with Crippen LogP contribution in [0.15, 0.2) is 60.7 Å². The van der Waals surface area contributed by atoms with E-state index in [9.17, 15) is 9.59 Å². The number of hydrogen-bond acceptors (Lipinski definition) is 5. The Bertz CT molecular complexity index is 1090. The first-order valence-electron chi connectivity index (χ1n) is 10.5. The fraction of sp³-hybridized carbons (Fsp3) is 0.259. The van der Waals surface area contributed by atoms with E-state index in [4.69, 9.17) is 14.2 Å². The average molecular weight is 433 g/mol. The maximum Gasteiger partial charge on any atom is 0.303 e. The van der Waals surface area contributed by atoms with Crippen LogP contribution in [0.1, 0.15) is 40.9 Å². The molecule has 0 heterocycles. The third kappa shape index (κ3) is 5.97. The molecule has 0 amide bonds. The molecule has 32 heavy (non-hydrogen) atoms. The number of esters is 1. The third-order valence-corrected chi connectivity index (χ3v) is 5.20. The predicted octanol–water partition coefficient (Wildman–Crippen LogP) is 5.69. The molecule has 0 radical (unpaired) electrons. The van der Waals surface area contributed by atoms with Gasteiger partial charge in [0, 0.05) is 12.5 Å². The van der Waals surface area contributed by atoms with Gasteiger partial charge in [0.1, 0.15) is 37.1 Å². The minimum Gasteiger partial charge on any atom is -0.490 e. The number of aldehydes is 1. The summed E-state index contributed by atoms with van der Waals surface area (Å²) in [6.45, 7) is 8.08. The number of benzene rings is 3. The maximum absolute atomic E-state index is 11.0. The molecule has 1 atom stereocenters. The highest BCUT2D eigenvalue weighted by Gasteiger charge is 2.11. The van der Waals surface area contributed by atoms with Crippen LogP contribution in [0.2, 0.25) is 0 Å².